The van der Waals surface area contributed by atoms with Gasteiger partial charge in [0.2, 0.25) is 0 Å². The van der Waals surface area contributed by atoms with E-state index in [1.807, 2.05) is 56.3 Å². The molecule has 0 saturated carbocycles. The largest absolute Gasteiger partial charge is 0.491 e. The normalized spacial score (nSPS) is 14.3. The van der Waals surface area contributed by atoms with Gasteiger partial charge in [0, 0.05) is 40.9 Å². The highest BCUT2D eigenvalue weighted by Gasteiger charge is 2.35. The number of hydrogen-bond donors (Lipinski definition) is 2. The lowest BCUT2D eigenvalue weighted by atomic mass is 10.0. The molecule has 1 unspecified atom stereocenters. The molecule has 3 heterocycles. The van der Waals surface area contributed by atoms with Crippen LogP contribution in [-0.4, -0.2) is 59.4 Å². The molecule has 1 atom stereocenters. The minimum absolute atomic E-state index is 0.0586. The van der Waals surface area contributed by atoms with Gasteiger partial charge in [0.15, 0.2) is 0 Å². The van der Waals surface area contributed by atoms with Gasteiger partial charge in [-0.05, 0) is 93.4 Å². The molecule has 252 valence electrons. The fourth-order valence-electron chi connectivity index (χ4n) is 5.88. The second-order valence-corrected chi connectivity index (χ2v) is 13.7. The number of carbonyl (C=O) groups excluding carboxylic acids is 2. The Hall–Kier alpha value is -5.07. The predicted octanol–water partition coefficient (Wildman–Crippen LogP) is 5.29. The summed E-state index contributed by atoms with van der Waals surface area (Å²) in [5.41, 5.74) is 3.40. The van der Waals surface area contributed by atoms with E-state index in [1.165, 1.54) is 4.57 Å². The van der Waals surface area contributed by atoms with Crippen molar-refractivity contribution >= 4 is 27.7 Å². The van der Waals surface area contributed by atoms with Crippen molar-refractivity contribution in [2.45, 2.75) is 59.0 Å². The van der Waals surface area contributed by atoms with Gasteiger partial charge < -0.3 is 20.1 Å². The molecule has 1 aliphatic heterocycles. The number of hydrogen-bond acceptors (Lipinski definition) is 7. The molecule has 2 amide bonds. The summed E-state index contributed by atoms with van der Waals surface area (Å²) in [7, 11) is 0. The maximum atomic E-state index is 14.3. The van der Waals surface area contributed by atoms with E-state index < -0.39 is 11.5 Å². The number of aromatic nitrogens is 4. The summed E-state index contributed by atoms with van der Waals surface area (Å²) in [5, 5.41) is 21.3. The van der Waals surface area contributed by atoms with Gasteiger partial charge in [-0.25, -0.2) is 4.79 Å². The third-order valence-electron chi connectivity index (χ3n) is 8.42. The Kier molecular flexibility index (Phi) is 9.53. The van der Waals surface area contributed by atoms with Crippen LogP contribution < -0.4 is 15.7 Å². The van der Waals surface area contributed by atoms with Crippen LogP contribution in [0.2, 0.25) is 0 Å². The Morgan fingerprint density at radius 1 is 1.06 bits per heavy atom. The molecule has 6 rings (SSSR count). The lowest BCUT2D eigenvalue weighted by molar-refractivity contribution is 0.0285. The van der Waals surface area contributed by atoms with Crippen LogP contribution in [0.3, 0.4) is 0 Å². The van der Waals surface area contributed by atoms with Crippen molar-refractivity contribution in [2.24, 2.45) is 0 Å². The zero-order valence-electron chi connectivity index (χ0n) is 27.7. The minimum atomic E-state index is -1.02. The smallest absolute Gasteiger partial charge is 0.333 e. The monoisotopic (exact) mass is 724 g/mol. The van der Waals surface area contributed by atoms with E-state index in [-0.39, 0.29) is 49.6 Å². The van der Waals surface area contributed by atoms with Crippen LogP contribution in [0, 0.1) is 6.92 Å². The van der Waals surface area contributed by atoms with Crippen molar-refractivity contribution in [3.8, 4) is 22.7 Å². The average molecular weight is 726 g/mol. The van der Waals surface area contributed by atoms with Crippen molar-refractivity contribution < 1.29 is 19.4 Å². The number of aliphatic hydroxyl groups is 1. The second-order valence-electron chi connectivity index (χ2n) is 12.8. The van der Waals surface area contributed by atoms with Crippen LogP contribution in [-0.2, 0) is 19.6 Å². The first-order valence-corrected chi connectivity index (χ1v) is 16.7. The number of imidazole rings is 1. The highest BCUT2D eigenvalue weighted by atomic mass is 79.9. The van der Waals surface area contributed by atoms with E-state index in [2.05, 4.69) is 31.4 Å². The molecule has 1 aliphatic rings. The molecule has 0 fully saturated rings. The van der Waals surface area contributed by atoms with E-state index in [0.717, 1.165) is 21.2 Å². The first kappa shape index (κ1) is 33.8. The third kappa shape index (κ3) is 7.20. The maximum Gasteiger partial charge on any atom is 0.333 e. The first-order chi connectivity index (χ1) is 23.4. The summed E-state index contributed by atoms with van der Waals surface area (Å²) in [6.45, 7) is 7.63. The number of ether oxygens (including phenoxy) is 1. The van der Waals surface area contributed by atoms with Crippen LogP contribution >= 0.6 is 15.9 Å². The molecule has 0 radical (unpaired) electrons. The van der Waals surface area contributed by atoms with Crippen LogP contribution in [0.25, 0.3) is 16.9 Å². The van der Waals surface area contributed by atoms with Gasteiger partial charge in [0.25, 0.3) is 11.8 Å². The molecule has 0 spiro atoms. The molecule has 0 aliphatic carbocycles. The van der Waals surface area contributed by atoms with Crippen molar-refractivity contribution in [1.82, 2.24) is 29.5 Å². The zero-order valence-corrected chi connectivity index (χ0v) is 29.3. The van der Waals surface area contributed by atoms with Crippen LogP contribution in [0.1, 0.15) is 58.4 Å². The summed E-state index contributed by atoms with van der Waals surface area (Å²) in [4.78, 5) is 43.9. The predicted molar refractivity (Wildman–Crippen MR) is 189 cm³/mol. The first-order valence-electron chi connectivity index (χ1n) is 15.9. The van der Waals surface area contributed by atoms with E-state index in [0.29, 0.717) is 28.4 Å². The zero-order chi connectivity index (χ0) is 34.9. The van der Waals surface area contributed by atoms with Gasteiger partial charge >= 0.3 is 5.69 Å². The van der Waals surface area contributed by atoms with Crippen LogP contribution in [0.5, 0.6) is 5.75 Å². The molecule has 11 nitrogen and oxygen atoms in total. The summed E-state index contributed by atoms with van der Waals surface area (Å²) in [5.74, 6) is -0.152. The Morgan fingerprint density at radius 3 is 2.51 bits per heavy atom. The van der Waals surface area contributed by atoms with Gasteiger partial charge in [-0.3, -0.25) is 18.7 Å². The molecule has 2 N–H and O–H groups in total. The number of aryl methyl sites for hydroxylation is 1. The number of rotatable bonds is 9. The molecule has 3 aromatic carbocycles. The lowest BCUT2D eigenvalue weighted by Crippen LogP contribution is -2.47. The standard InChI is InChI=1S/C37H37BrN6O5/c1-23-18-25(11-16-30(23)38)35(46)42-21-32-33(34(45)39-19-26-8-5-6-9-29(26)31-10-7-17-40-41-31)44(36(47)43(32)20-24(42)2)27-12-14-28(15-13-27)49-22-37(3,4)48/h5-18,24,48H,19-22H2,1-4H3,(H,39,45). The Morgan fingerprint density at radius 2 is 1.82 bits per heavy atom. The number of fused-ring (bicyclic) bond motifs is 1. The van der Waals surface area contributed by atoms with Crippen molar-refractivity contribution in [2.75, 3.05) is 6.61 Å². The Bertz CT molecular complexity index is 2070. The lowest BCUT2D eigenvalue weighted by Gasteiger charge is -2.34. The topological polar surface area (TPSA) is 132 Å². The number of nitrogens with one attached hydrogen (secondary N) is 1. The molecular weight excluding hydrogens is 688 g/mol. The Balaban J connectivity index is 1.38. The number of amides is 2. The number of benzene rings is 3. The van der Waals surface area contributed by atoms with Gasteiger partial charge in [-0.15, -0.1) is 0 Å². The highest BCUT2D eigenvalue weighted by Crippen LogP contribution is 2.27. The van der Waals surface area contributed by atoms with Gasteiger partial charge in [-0.2, -0.15) is 10.2 Å². The third-order valence-corrected chi connectivity index (χ3v) is 9.31. The molecule has 5 aromatic rings. The number of nitrogens with zero attached hydrogens (tertiary/aromatic N) is 5. The maximum absolute atomic E-state index is 14.3. The summed E-state index contributed by atoms with van der Waals surface area (Å²) >= 11 is 3.50. The van der Waals surface area contributed by atoms with Gasteiger partial charge in [0.1, 0.15) is 18.1 Å². The van der Waals surface area contributed by atoms with Crippen molar-refractivity contribution in [3.63, 3.8) is 0 Å². The summed E-state index contributed by atoms with van der Waals surface area (Å²) < 4.78 is 9.60. The summed E-state index contributed by atoms with van der Waals surface area (Å²) in [6, 6.07) is 23.2. The fourth-order valence-corrected chi connectivity index (χ4v) is 6.13. The quantitative estimate of drug-likeness (QED) is 0.211. The van der Waals surface area contributed by atoms with Crippen molar-refractivity contribution in [1.29, 1.82) is 0 Å². The molecule has 49 heavy (non-hydrogen) atoms. The van der Waals surface area contributed by atoms with E-state index >= 15 is 0 Å². The molecule has 0 saturated heterocycles. The molecule has 0 bridgehead atoms. The van der Waals surface area contributed by atoms with Crippen LogP contribution in [0.4, 0.5) is 0 Å². The SMILES string of the molecule is Cc1cc(C(=O)N2Cc3c(C(=O)NCc4ccccc4-c4cccnn4)n(-c4ccc(OCC(C)(C)O)cc4)c(=O)n3CC2C)ccc1Br. The number of halogens is 1. The minimum Gasteiger partial charge on any atom is -0.491 e. The van der Waals surface area contributed by atoms with E-state index in [4.69, 9.17) is 4.74 Å². The number of carbonyl (C=O) groups is 2. The van der Waals surface area contributed by atoms with E-state index in [1.54, 1.807) is 65.9 Å². The van der Waals surface area contributed by atoms with Crippen molar-refractivity contribution in [3.05, 3.63) is 128 Å². The van der Waals surface area contributed by atoms with Crippen LogP contribution in [0.15, 0.2) is 94.3 Å². The van der Waals surface area contributed by atoms with Gasteiger partial charge in [0.05, 0.1) is 29.2 Å². The average Bonchev–Trinajstić information content (AvgIpc) is 3.38. The Labute approximate surface area is 292 Å². The molecule has 2 aromatic heterocycles. The highest BCUT2D eigenvalue weighted by molar-refractivity contribution is 9.10. The second kappa shape index (κ2) is 13.8. The fraction of sp³-hybridized carbons (Fsp3) is 0.270. The molecular formula is C37H37BrN6O5. The molecule has 12 heteroatoms. The van der Waals surface area contributed by atoms with Gasteiger partial charge in [-0.1, -0.05) is 40.2 Å². The van der Waals surface area contributed by atoms with E-state index in [9.17, 15) is 19.5 Å². The summed E-state index contributed by atoms with van der Waals surface area (Å²) in [6.07, 6.45) is 1.60.